The van der Waals surface area contributed by atoms with Crippen LogP contribution in [0.3, 0.4) is 0 Å². The summed E-state index contributed by atoms with van der Waals surface area (Å²) in [6.07, 6.45) is 11.7. The van der Waals surface area contributed by atoms with E-state index in [1.807, 2.05) is 6.07 Å². The minimum absolute atomic E-state index is 0.151. The van der Waals surface area contributed by atoms with Crippen LogP contribution in [0.1, 0.15) is 51.9 Å². The van der Waals surface area contributed by atoms with Crippen LogP contribution in [0.15, 0.2) is 27.8 Å². The van der Waals surface area contributed by atoms with E-state index in [-0.39, 0.29) is 23.8 Å². The summed E-state index contributed by atoms with van der Waals surface area (Å²) in [4.78, 5) is 35.9. The fraction of sp³-hybridized carbons (Fsp3) is 0.556. The van der Waals surface area contributed by atoms with Crippen LogP contribution >= 0.6 is 11.6 Å². The first-order valence-electron chi connectivity index (χ1n) is 13.9. The van der Waals surface area contributed by atoms with Crippen LogP contribution in [0.2, 0.25) is 5.02 Å². The Morgan fingerprint density at radius 1 is 1.10 bits per heavy atom. The van der Waals surface area contributed by atoms with Crippen molar-refractivity contribution in [3.05, 3.63) is 34.0 Å². The Labute approximate surface area is 230 Å². The summed E-state index contributed by atoms with van der Waals surface area (Å²) in [7, 11) is 0. The van der Waals surface area contributed by atoms with Gasteiger partial charge in [-0.2, -0.15) is 4.98 Å². The fourth-order valence-corrected chi connectivity index (χ4v) is 6.71. The fourth-order valence-electron chi connectivity index (χ4n) is 6.54. The van der Waals surface area contributed by atoms with E-state index in [1.165, 1.54) is 25.7 Å². The van der Waals surface area contributed by atoms with Gasteiger partial charge in [0.15, 0.2) is 5.65 Å². The van der Waals surface area contributed by atoms with E-state index in [4.69, 9.17) is 35.8 Å². The summed E-state index contributed by atoms with van der Waals surface area (Å²) < 4.78 is 13.2. The molecule has 0 spiro atoms. The van der Waals surface area contributed by atoms with Gasteiger partial charge in [-0.3, -0.25) is 14.5 Å². The predicted octanol–water partition coefficient (Wildman–Crippen LogP) is 4.47. The van der Waals surface area contributed by atoms with E-state index < -0.39 is 5.76 Å². The van der Waals surface area contributed by atoms with Gasteiger partial charge in [-0.1, -0.05) is 36.5 Å². The van der Waals surface area contributed by atoms with Crippen molar-refractivity contribution in [2.45, 2.75) is 70.6 Å². The number of pyridine rings is 1. The van der Waals surface area contributed by atoms with Crippen molar-refractivity contribution in [1.29, 1.82) is 0 Å². The molecule has 3 aliphatic rings. The average Bonchev–Trinajstić information content (AvgIpc) is 3.68. The monoisotopic (exact) mass is 550 g/mol. The molecule has 0 aromatic carbocycles. The summed E-state index contributed by atoms with van der Waals surface area (Å²) in [5.41, 5.74) is 2.77. The molecule has 4 aromatic rings. The SMILES string of the molecule is C[C@H]1CC[C@H](Cn2c(N3CCOC4CCCC43)nc3nc(-c4noc(=O)[nH]4)nc(-c4cncc(Cl)c4)c32)CC1. The molecule has 0 radical (unpaired) electrons. The normalized spacial score (nSPS) is 25.3. The summed E-state index contributed by atoms with van der Waals surface area (Å²) >= 11 is 6.38. The van der Waals surface area contributed by atoms with Crippen LogP contribution in [-0.2, 0) is 11.3 Å². The third-order valence-electron chi connectivity index (χ3n) is 8.53. The molecule has 1 aliphatic heterocycles. The second kappa shape index (κ2) is 10.0. The molecule has 1 N–H and O–H groups in total. The standard InChI is InChI=1S/C27H31ClN8O3/c1-15-5-7-16(8-6-15)14-36-22-21(17-11-18(28)13-29-12-17)30-24(25-33-27(37)39-34-25)31-23(22)32-26(36)35-9-10-38-20-4-2-3-19(20)35/h11-13,15-16,19-20H,2-10,14H2,1H3,(H,33,34,37)/t15-,16-,19?,20?. The maximum absolute atomic E-state index is 11.7. The highest BCUT2D eigenvalue weighted by molar-refractivity contribution is 6.30. The number of fused-ring (bicyclic) bond motifs is 2. The number of rotatable bonds is 5. The zero-order chi connectivity index (χ0) is 26.5. The lowest BCUT2D eigenvalue weighted by Gasteiger charge is -2.39. The number of H-pyrrole nitrogens is 1. The average molecular weight is 551 g/mol. The van der Waals surface area contributed by atoms with Gasteiger partial charge in [0.1, 0.15) is 11.2 Å². The highest BCUT2D eigenvalue weighted by atomic mass is 35.5. The lowest BCUT2D eigenvalue weighted by atomic mass is 9.83. The Balaban J connectivity index is 1.44. The van der Waals surface area contributed by atoms with Crippen LogP contribution in [-0.4, -0.2) is 59.9 Å². The van der Waals surface area contributed by atoms with Crippen molar-refractivity contribution in [3.8, 4) is 22.9 Å². The number of morpholine rings is 1. The third-order valence-corrected chi connectivity index (χ3v) is 8.74. The van der Waals surface area contributed by atoms with Gasteiger partial charge in [0.25, 0.3) is 0 Å². The second-order valence-corrected chi connectivity index (χ2v) is 11.6. The van der Waals surface area contributed by atoms with Gasteiger partial charge in [0, 0.05) is 31.0 Å². The van der Waals surface area contributed by atoms with Crippen LogP contribution in [0, 0.1) is 11.8 Å². The smallest absolute Gasteiger partial charge is 0.374 e. The minimum atomic E-state index is -0.669. The lowest BCUT2D eigenvalue weighted by Crippen LogP contribution is -2.49. The first-order chi connectivity index (χ1) is 19.0. The van der Waals surface area contributed by atoms with Crippen molar-refractivity contribution in [1.82, 2.24) is 34.6 Å². The molecule has 11 nitrogen and oxygen atoms in total. The minimum Gasteiger partial charge on any atom is -0.374 e. The zero-order valence-electron chi connectivity index (χ0n) is 21.8. The molecule has 3 fully saturated rings. The lowest BCUT2D eigenvalue weighted by molar-refractivity contribution is 0.0247. The molecule has 2 saturated carbocycles. The molecule has 2 unspecified atom stereocenters. The number of ether oxygens (including phenoxy) is 1. The van der Waals surface area contributed by atoms with Crippen LogP contribution in [0.4, 0.5) is 5.95 Å². The van der Waals surface area contributed by atoms with Crippen LogP contribution in [0.5, 0.6) is 0 Å². The van der Waals surface area contributed by atoms with Gasteiger partial charge >= 0.3 is 5.76 Å². The van der Waals surface area contributed by atoms with E-state index >= 15 is 0 Å². The van der Waals surface area contributed by atoms with Crippen LogP contribution < -0.4 is 10.7 Å². The molecule has 2 aliphatic carbocycles. The summed E-state index contributed by atoms with van der Waals surface area (Å²) in [6.45, 7) is 4.62. The Kier molecular flexibility index (Phi) is 6.35. The Hall–Kier alpha value is -3.31. The molecular formula is C27H31ClN8O3. The van der Waals surface area contributed by atoms with E-state index in [0.29, 0.717) is 28.9 Å². The van der Waals surface area contributed by atoms with Gasteiger partial charge in [-0.15, -0.1) is 0 Å². The largest absolute Gasteiger partial charge is 0.439 e. The van der Waals surface area contributed by atoms with Crippen molar-refractivity contribution >= 4 is 28.7 Å². The Bertz CT molecular complexity index is 1560. The number of hydrogen-bond donors (Lipinski definition) is 1. The number of imidazole rings is 1. The summed E-state index contributed by atoms with van der Waals surface area (Å²) in [5.74, 6) is 1.92. The quantitative estimate of drug-likeness (QED) is 0.382. The van der Waals surface area contributed by atoms with Crippen LogP contribution in [0.25, 0.3) is 34.1 Å². The number of nitrogens with zero attached hydrogens (tertiary/aromatic N) is 7. The topological polar surface area (TPSA) is 128 Å². The van der Waals surface area contributed by atoms with Gasteiger partial charge in [0.05, 0.1) is 23.8 Å². The molecule has 5 heterocycles. The highest BCUT2D eigenvalue weighted by Crippen LogP contribution is 2.39. The number of halogens is 1. The number of anilines is 1. The number of aromatic amines is 1. The molecule has 2 atom stereocenters. The maximum atomic E-state index is 11.7. The highest BCUT2D eigenvalue weighted by Gasteiger charge is 2.39. The number of aromatic nitrogens is 7. The molecule has 4 aromatic heterocycles. The molecule has 12 heteroatoms. The molecule has 0 bridgehead atoms. The number of hydrogen-bond acceptors (Lipinski definition) is 9. The second-order valence-electron chi connectivity index (χ2n) is 11.2. The Morgan fingerprint density at radius 2 is 1.97 bits per heavy atom. The number of nitrogens with one attached hydrogen (secondary N) is 1. The molecule has 7 rings (SSSR count). The van der Waals surface area contributed by atoms with Gasteiger partial charge in [0.2, 0.25) is 17.6 Å². The molecular weight excluding hydrogens is 520 g/mol. The first-order valence-corrected chi connectivity index (χ1v) is 14.2. The molecule has 204 valence electrons. The van der Waals surface area contributed by atoms with Crippen molar-refractivity contribution < 1.29 is 9.26 Å². The van der Waals surface area contributed by atoms with Gasteiger partial charge in [-0.25, -0.2) is 14.8 Å². The van der Waals surface area contributed by atoms with E-state index in [1.54, 1.807) is 12.4 Å². The van der Waals surface area contributed by atoms with E-state index in [2.05, 4.69) is 31.5 Å². The van der Waals surface area contributed by atoms with E-state index in [9.17, 15) is 4.79 Å². The first kappa shape index (κ1) is 24.7. The summed E-state index contributed by atoms with van der Waals surface area (Å²) in [5, 5.41) is 4.34. The predicted molar refractivity (Wildman–Crippen MR) is 146 cm³/mol. The molecule has 1 saturated heterocycles. The van der Waals surface area contributed by atoms with Crippen molar-refractivity contribution in [2.24, 2.45) is 11.8 Å². The third kappa shape index (κ3) is 4.61. The van der Waals surface area contributed by atoms with E-state index in [0.717, 1.165) is 55.3 Å². The molecule has 0 amide bonds. The Morgan fingerprint density at radius 3 is 2.77 bits per heavy atom. The van der Waals surface area contributed by atoms with Crippen molar-refractivity contribution in [3.63, 3.8) is 0 Å². The zero-order valence-corrected chi connectivity index (χ0v) is 22.6. The van der Waals surface area contributed by atoms with Crippen molar-refractivity contribution in [2.75, 3.05) is 18.1 Å². The van der Waals surface area contributed by atoms with Gasteiger partial charge in [-0.05, 0) is 50.0 Å². The van der Waals surface area contributed by atoms with Gasteiger partial charge < -0.3 is 14.2 Å². The maximum Gasteiger partial charge on any atom is 0.439 e. The summed E-state index contributed by atoms with van der Waals surface area (Å²) in [6, 6.07) is 2.13. The molecule has 39 heavy (non-hydrogen) atoms.